The van der Waals surface area contributed by atoms with E-state index >= 15 is 0 Å². The maximum Gasteiger partial charge on any atom is 0.0431 e. The highest BCUT2D eigenvalue weighted by atomic mass is 35.5. The van der Waals surface area contributed by atoms with Crippen LogP contribution in [0.1, 0.15) is 18.3 Å². The largest absolute Gasteiger partial charge is 0.306 e. The van der Waals surface area contributed by atoms with E-state index in [0.717, 1.165) is 4.90 Å². The first-order chi connectivity index (χ1) is 5.26. The van der Waals surface area contributed by atoms with Crippen LogP contribution in [-0.2, 0) is 0 Å². The van der Waals surface area contributed by atoms with E-state index in [1.165, 1.54) is 7.05 Å². The summed E-state index contributed by atoms with van der Waals surface area (Å²) >= 11 is 5.74. The molecule has 0 N–H and O–H groups in total. The molecule has 0 aliphatic carbocycles. The molecule has 2 heteroatoms. The highest BCUT2D eigenvalue weighted by Gasteiger charge is 2.12. The second-order valence-corrected chi connectivity index (χ2v) is 2.50. The van der Waals surface area contributed by atoms with Gasteiger partial charge in [0, 0.05) is 10.9 Å². The van der Waals surface area contributed by atoms with Gasteiger partial charge in [-0.1, -0.05) is 0 Å². The molecule has 0 atom stereocenters. The summed E-state index contributed by atoms with van der Waals surface area (Å²) in [7, 11) is 1.45. The summed E-state index contributed by atoms with van der Waals surface area (Å²) in [5.41, 5.74) is 0. The molecule has 1 fully saturated rings. The van der Waals surface area contributed by atoms with Crippen LogP contribution >= 0.6 is 11.6 Å². The topological polar surface area (TPSA) is 3.24 Å². The van der Waals surface area contributed by atoms with Crippen molar-refractivity contribution in [2.24, 2.45) is 0 Å². The number of halogens is 1. The van der Waals surface area contributed by atoms with Crippen LogP contribution < -0.4 is 0 Å². The molecule has 0 unspecified atom stereocenters. The second kappa shape index (κ2) is 2.70. The van der Waals surface area contributed by atoms with Crippen LogP contribution in [0.3, 0.4) is 0 Å². The zero-order valence-corrected chi connectivity index (χ0v) is 5.57. The summed E-state index contributed by atoms with van der Waals surface area (Å²) in [5.74, 6) is 0. The molecule has 1 heterocycles. The molecule has 0 bridgehead atoms. The Balaban J connectivity index is 2.84. The first-order valence-electron chi connectivity index (χ1n) is 4.64. The van der Waals surface area contributed by atoms with Crippen molar-refractivity contribution < 1.29 is 5.48 Å². The number of hydrogen-bond donors (Lipinski definition) is 0. The van der Waals surface area contributed by atoms with Crippen molar-refractivity contribution in [3.8, 4) is 0 Å². The second-order valence-electron chi connectivity index (χ2n) is 1.88. The molecular weight excluding hydrogens is 122 g/mol. The summed E-state index contributed by atoms with van der Waals surface area (Å²) < 4.78 is 29.9. The monoisotopic (exact) mass is 137 g/mol. The minimum atomic E-state index is -1.63. The number of rotatable bonds is 0. The van der Waals surface area contributed by atoms with Crippen LogP contribution in [0, 0.1) is 0 Å². The molecular formula is C6H12ClN. The van der Waals surface area contributed by atoms with Crippen LogP contribution in [0.5, 0.6) is 0 Å². The smallest absolute Gasteiger partial charge is 0.0431 e. The highest BCUT2D eigenvalue weighted by Crippen LogP contribution is 2.13. The Hall–Kier alpha value is 0.250. The molecule has 1 aliphatic rings. The van der Waals surface area contributed by atoms with Crippen molar-refractivity contribution in [3.05, 3.63) is 0 Å². The van der Waals surface area contributed by atoms with Gasteiger partial charge in [0.1, 0.15) is 0 Å². The Morgan fingerprint density at radius 3 is 2.62 bits per heavy atom. The predicted octanol–water partition coefficient (Wildman–Crippen LogP) is 1.32. The van der Waals surface area contributed by atoms with E-state index in [2.05, 4.69) is 0 Å². The van der Waals surface area contributed by atoms with Crippen molar-refractivity contribution in [2.45, 2.75) is 18.2 Å². The van der Waals surface area contributed by atoms with Gasteiger partial charge in [-0.25, -0.2) is 0 Å². The molecule has 0 aromatic carbocycles. The minimum absolute atomic E-state index is 0.185. The van der Waals surface area contributed by atoms with Crippen LogP contribution in [0.25, 0.3) is 0 Å². The molecule has 1 nitrogen and oxygen atoms in total. The lowest BCUT2D eigenvalue weighted by atomic mass is 10.1. The summed E-state index contributed by atoms with van der Waals surface area (Å²) in [4.78, 5) is 1.11. The van der Waals surface area contributed by atoms with E-state index < -0.39 is 18.4 Å². The molecule has 48 valence electrons. The van der Waals surface area contributed by atoms with E-state index in [9.17, 15) is 0 Å². The maximum absolute atomic E-state index is 7.49. The number of nitrogens with zero attached hydrogens (tertiary/aromatic N) is 1. The average molecular weight is 138 g/mol. The molecule has 0 saturated carbocycles. The maximum atomic E-state index is 7.49. The van der Waals surface area contributed by atoms with Gasteiger partial charge in [0.15, 0.2) is 0 Å². The van der Waals surface area contributed by atoms with Gasteiger partial charge in [0.05, 0.1) is 0 Å². The fourth-order valence-electron chi connectivity index (χ4n) is 0.600. The first kappa shape index (κ1) is 2.89. The van der Waals surface area contributed by atoms with Gasteiger partial charge in [-0.05, 0) is 32.9 Å². The minimum Gasteiger partial charge on any atom is -0.306 e. The van der Waals surface area contributed by atoms with E-state index in [0.29, 0.717) is 0 Å². The van der Waals surface area contributed by atoms with E-state index in [1.807, 2.05) is 0 Å². The summed E-state index contributed by atoms with van der Waals surface area (Å²) in [6.07, 6.45) is 0.370. The lowest BCUT2D eigenvalue weighted by Gasteiger charge is -2.24. The molecule has 8 heavy (non-hydrogen) atoms. The van der Waals surface area contributed by atoms with Crippen molar-refractivity contribution in [3.63, 3.8) is 0 Å². The Morgan fingerprint density at radius 2 is 2.12 bits per heavy atom. The quantitative estimate of drug-likeness (QED) is 0.456. The van der Waals surface area contributed by atoms with E-state index in [1.54, 1.807) is 0 Å². The number of likely N-dealkylation sites (tertiary alicyclic amines) is 1. The Labute approximate surface area is 61.2 Å². The fraction of sp³-hybridized carbons (Fsp3) is 1.00. The normalized spacial score (nSPS) is 46.2. The zero-order chi connectivity index (χ0) is 9.57. The Morgan fingerprint density at radius 1 is 1.62 bits per heavy atom. The molecule has 0 spiro atoms. The molecule has 1 rings (SSSR count). The van der Waals surface area contributed by atoms with Crippen LogP contribution in [0.15, 0.2) is 0 Å². The van der Waals surface area contributed by atoms with Gasteiger partial charge in [-0.3, -0.25) is 0 Å². The van der Waals surface area contributed by atoms with Gasteiger partial charge in [0.25, 0.3) is 0 Å². The van der Waals surface area contributed by atoms with Crippen molar-refractivity contribution in [2.75, 3.05) is 20.0 Å². The lowest BCUT2D eigenvalue weighted by molar-refractivity contribution is 0.280. The summed E-state index contributed by atoms with van der Waals surface area (Å²) in [6, 6.07) is 0. The zero-order valence-electron chi connectivity index (χ0n) is 8.82. The standard InChI is InChI=1S/C6H12ClN/c1-8-4-2-6(7)3-5-8/h6H,2-5H2,1H3/i4D2,5D2. The van der Waals surface area contributed by atoms with Gasteiger partial charge >= 0.3 is 0 Å². The summed E-state index contributed by atoms with van der Waals surface area (Å²) in [5, 5.41) is -0.411. The van der Waals surface area contributed by atoms with Crippen LogP contribution in [-0.4, -0.2) is 30.3 Å². The van der Waals surface area contributed by atoms with Crippen molar-refractivity contribution in [1.82, 2.24) is 4.90 Å². The predicted molar refractivity (Wildman–Crippen MR) is 36.4 cm³/mol. The Kier molecular flexibility index (Phi) is 0.974. The molecule has 0 radical (unpaired) electrons. The van der Waals surface area contributed by atoms with Gasteiger partial charge in [0.2, 0.25) is 0 Å². The van der Waals surface area contributed by atoms with Crippen LogP contribution in [0.4, 0.5) is 0 Å². The third-order valence-corrected chi connectivity index (χ3v) is 1.41. The number of piperidine rings is 1. The SMILES string of the molecule is [2H]C1([2H])CC(Cl)CC([2H])([2H])N1C. The average Bonchev–Trinajstić information content (AvgIpc) is 1.80. The number of alkyl halides is 1. The molecule has 1 saturated heterocycles. The van der Waals surface area contributed by atoms with Crippen molar-refractivity contribution in [1.29, 1.82) is 0 Å². The van der Waals surface area contributed by atoms with Gasteiger partial charge < -0.3 is 4.90 Å². The number of hydrogen-bond acceptors (Lipinski definition) is 1. The van der Waals surface area contributed by atoms with Gasteiger partial charge in [-0.2, -0.15) is 0 Å². The molecule has 0 aromatic heterocycles. The van der Waals surface area contributed by atoms with E-state index in [-0.39, 0.29) is 12.8 Å². The summed E-state index contributed by atoms with van der Waals surface area (Å²) in [6.45, 7) is -3.26. The van der Waals surface area contributed by atoms with E-state index in [4.69, 9.17) is 17.1 Å². The highest BCUT2D eigenvalue weighted by molar-refractivity contribution is 6.20. The van der Waals surface area contributed by atoms with Gasteiger partial charge in [-0.15, -0.1) is 11.6 Å². The van der Waals surface area contributed by atoms with Crippen molar-refractivity contribution >= 4 is 11.6 Å². The molecule has 1 aliphatic heterocycles. The fourth-order valence-corrected chi connectivity index (χ4v) is 0.738. The van der Waals surface area contributed by atoms with Crippen LogP contribution in [0.2, 0.25) is 0 Å². The first-order valence-corrected chi connectivity index (χ1v) is 3.07. The third-order valence-electron chi connectivity index (χ3n) is 1.10. The molecule has 0 amide bonds. The Bertz CT molecular complexity index is 166. The molecule has 0 aromatic rings. The lowest BCUT2D eigenvalue weighted by Crippen LogP contribution is -2.30. The third kappa shape index (κ3) is 1.64.